The van der Waals surface area contributed by atoms with E-state index in [4.69, 9.17) is 0 Å². The molecule has 0 saturated heterocycles. The lowest BCUT2D eigenvalue weighted by atomic mass is 10.1. The van der Waals surface area contributed by atoms with Crippen molar-refractivity contribution >= 4 is 5.82 Å². The molecule has 1 saturated carbocycles. The summed E-state index contributed by atoms with van der Waals surface area (Å²) in [6.45, 7) is 2.86. The molecule has 0 amide bonds. The number of anilines is 1. The molecule has 19 heavy (non-hydrogen) atoms. The first-order valence-electron chi connectivity index (χ1n) is 6.65. The van der Waals surface area contributed by atoms with Gasteiger partial charge in [0.2, 0.25) is 0 Å². The topological polar surface area (TPSA) is 37.8 Å². The summed E-state index contributed by atoms with van der Waals surface area (Å²) in [5.41, 5.74) is 1.78. The number of hydrogen-bond donors (Lipinski definition) is 1. The summed E-state index contributed by atoms with van der Waals surface area (Å²) >= 11 is 0. The molecule has 0 radical (unpaired) electrons. The number of nitrogens with one attached hydrogen (secondary N) is 1. The van der Waals surface area contributed by atoms with E-state index < -0.39 is 0 Å². The molecule has 4 heteroatoms. The molecular weight excluding hydrogens is 241 g/mol. The minimum Gasteiger partial charge on any atom is -0.370 e. The summed E-state index contributed by atoms with van der Waals surface area (Å²) in [6, 6.07) is 8.35. The van der Waals surface area contributed by atoms with Crippen molar-refractivity contribution in [3.63, 3.8) is 0 Å². The van der Waals surface area contributed by atoms with Crippen molar-refractivity contribution in [1.29, 1.82) is 0 Å². The maximum absolute atomic E-state index is 13.0. The van der Waals surface area contributed by atoms with Crippen molar-refractivity contribution < 1.29 is 4.39 Å². The quantitative estimate of drug-likeness (QED) is 0.909. The zero-order valence-corrected chi connectivity index (χ0v) is 10.9. The highest BCUT2D eigenvalue weighted by atomic mass is 19.1. The number of nitrogens with zero attached hydrogens (tertiary/aromatic N) is 2. The van der Waals surface area contributed by atoms with Gasteiger partial charge in [0, 0.05) is 24.1 Å². The first kappa shape index (κ1) is 12.1. The van der Waals surface area contributed by atoms with E-state index in [0.29, 0.717) is 5.92 Å². The van der Waals surface area contributed by atoms with Gasteiger partial charge in [-0.15, -0.1) is 0 Å². The second-order valence-corrected chi connectivity index (χ2v) is 4.81. The van der Waals surface area contributed by atoms with Crippen molar-refractivity contribution in [1.82, 2.24) is 9.97 Å². The molecule has 1 fully saturated rings. The van der Waals surface area contributed by atoms with E-state index in [1.807, 2.05) is 13.0 Å². The van der Waals surface area contributed by atoms with Crippen LogP contribution in [-0.2, 0) is 0 Å². The fraction of sp³-hybridized carbons (Fsp3) is 0.333. The fourth-order valence-electron chi connectivity index (χ4n) is 2.03. The minimum absolute atomic E-state index is 0.230. The van der Waals surface area contributed by atoms with Gasteiger partial charge >= 0.3 is 0 Å². The average molecular weight is 257 g/mol. The van der Waals surface area contributed by atoms with Crippen molar-refractivity contribution in [3.8, 4) is 11.3 Å². The molecule has 3 nitrogen and oxygen atoms in total. The van der Waals surface area contributed by atoms with Crippen LogP contribution in [0.2, 0.25) is 0 Å². The maximum Gasteiger partial charge on any atom is 0.134 e. The van der Waals surface area contributed by atoms with E-state index in [-0.39, 0.29) is 5.82 Å². The molecule has 0 unspecified atom stereocenters. The lowest BCUT2D eigenvalue weighted by Gasteiger charge is -2.08. The van der Waals surface area contributed by atoms with Crippen LogP contribution in [-0.4, -0.2) is 16.5 Å². The van der Waals surface area contributed by atoms with Crippen LogP contribution in [0.25, 0.3) is 11.3 Å². The third kappa shape index (κ3) is 2.72. The Morgan fingerprint density at radius 1 is 1.21 bits per heavy atom. The fourth-order valence-corrected chi connectivity index (χ4v) is 2.03. The summed E-state index contributed by atoms with van der Waals surface area (Å²) in [5, 5.41) is 3.23. The minimum atomic E-state index is -0.230. The molecule has 1 aliphatic carbocycles. The number of rotatable bonds is 4. The van der Waals surface area contributed by atoms with Gasteiger partial charge in [-0.3, -0.25) is 0 Å². The molecule has 0 atom stereocenters. The molecule has 98 valence electrons. The van der Waals surface area contributed by atoms with E-state index in [1.54, 1.807) is 12.1 Å². The lowest BCUT2D eigenvalue weighted by Crippen LogP contribution is -2.04. The SMILES string of the molecule is CCNc1cc(-c2ccc(F)cc2)nc(C2CC2)n1. The summed E-state index contributed by atoms with van der Waals surface area (Å²) < 4.78 is 13.0. The Hall–Kier alpha value is -1.97. The summed E-state index contributed by atoms with van der Waals surface area (Å²) in [7, 11) is 0. The van der Waals surface area contributed by atoms with Crippen LogP contribution < -0.4 is 5.32 Å². The van der Waals surface area contributed by atoms with Crippen molar-refractivity contribution in [2.24, 2.45) is 0 Å². The lowest BCUT2D eigenvalue weighted by molar-refractivity contribution is 0.628. The highest BCUT2D eigenvalue weighted by Crippen LogP contribution is 2.39. The van der Waals surface area contributed by atoms with Crippen LogP contribution in [0.5, 0.6) is 0 Å². The Kier molecular flexibility index (Phi) is 3.15. The van der Waals surface area contributed by atoms with Gasteiger partial charge in [0.15, 0.2) is 0 Å². The van der Waals surface area contributed by atoms with E-state index in [2.05, 4.69) is 15.3 Å². The Morgan fingerprint density at radius 2 is 1.95 bits per heavy atom. The van der Waals surface area contributed by atoms with Crippen LogP contribution in [0.1, 0.15) is 31.5 Å². The molecular formula is C15H16FN3. The van der Waals surface area contributed by atoms with Gasteiger partial charge in [-0.25, -0.2) is 14.4 Å². The van der Waals surface area contributed by atoms with Gasteiger partial charge < -0.3 is 5.32 Å². The van der Waals surface area contributed by atoms with Crippen LogP contribution in [0, 0.1) is 5.82 Å². The molecule has 1 N–H and O–H groups in total. The zero-order valence-electron chi connectivity index (χ0n) is 10.9. The number of aromatic nitrogens is 2. The van der Waals surface area contributed by atoms with Crippen LogP contribution in [0.3, 0.4) is 0 Å². The molecule has 1 aliphatic rings. The molecule has 0 aliphatic heterocycles. The predicted molar refractivity (Wildman–Crippen MR) is 73.6 cm³/mol. The first-order valence-corrected chi connectivity index (χ1v) is 6.65. The van der Waals surface area contributed by atoms with Crippen molar-refractivity contribution in [2.75, 3.05) is 11.9 Å². The first-order chi connectivity index (χ1) is 9.26. The van der Waals surface area contributed by atoms with Gasteiger partial charge in [0.25, 0.3) is 0 Å². The predicted octanol–water partition coefficient (Wildman–Crippen LogP) is 3.59. The monoisotopic (exact) mass is 257 g/mol. The molecule has 0 bridgehead atoms. The molecule has 0 spiro atoms. The normalized spacial score (nSPS) is 14.4. The highest BCUT2D eigenvalue weighted by molar-refractivity contribution is 5.62. The standard InChI is InChI=1S/C15H16FN3/c1-2-17-14-9-13(10-5-7-12(16)8-6-10)18-15(19-14)11-3-4-11/h5-9,11H,2-4H2,1H3,(H,17,18,19). The van der Waals surface area contributed by atoms with E-state index in [1.165, 1.54) is 25.0 Å². The van der Waals surface area contributed by atoms with Gasteiger partial charge in [-0.2, -0.15) is 0 Å². The maximum atomic E-state index is 13.0. The molecule has 1 aromatic heterocycles. The Labute approximate surface area is 111 Å². The van der Waals surface area contributed by atoms with Gasteiger partial charge in [-0.1, -0.05) is 0 Å². The largest absolute Gasteiger partial charge is 0.370 e. The van der Waals surface area contributed by atoms with Crippen LogP contribution >= 0.6 is 0 Å². The van der Waals surface area contributed by atoms with E-state index in [9.17, 15) is 4.39 Å². The second kappa shape index (κ2) is 4.96. The smallest absolute Gasteiger partial charge is 0.134 e. The number of halogens is 1. The third-order valence-electron chi connectivity index (χ3n) is 3.18. The molecule has 3 rings (SSSR count). The molecule has 1 heterocycles. The Balaban J connectivity index is 2.01. The van der Waals surface area contributed by atoms with Crippen LogP contribution in [0.4, 0.5) is 10.2 Å². The number of hydrogen-bond acceptors (Lipinski definition) is 3. The van der Waals surface area contributed by atoms with Gasteiger partial charge in [0.1, 0.15) is 17.5 Å². The van der Waals surface area contributed by atoms with Gasteiger partial charge in [0.05, 0.1) is 5.69 Å². The highest BCUT2D eigenvalue weighted by Gasteiger charge is 2.27. The summed E-state index contributed by atoms with van der Waals surface area (Å²) in [6.07, 6.45) is 2.33. The molecule has 1 aromatic carbocycles. The summed E-state index contributed by atoms with van der Waals surface area (Å²) in [5.74, 6) is 2.02. The second-order valence-electron chi connectivity index (χ2n) is 4.81. The average Bonchev–Trinajstić information content (AvgIpc) is 3.24. The van der Waals surface area contributed by atoms with E-state index >= 15 is 0 Å². The molecule has 2 aromatic rings. The zero-order chi connectivity index (χ0) is 13.2. The van der Waals surface area contributed by atoms with Crippen molar-refractivity contribution in [2.45, 2.75) is 25.7 Å². The number of benzene rings is 1. The van der Waals surface area contributed by atoms with Crippen molar-refractivity contribution in [3.05, 3.63) is 42.0 Å². The Morgan fingerprint density at radius 3 is 2.58 bits per heavy atom. The van der Waals surface area contributed by atoms with Gasteiger partial charge in [-0.05, 0) is 44.0 Å². The van der Waals surface area contributed by atoms with Crippen LogP contribution in [0.15, 0.2) is 30.3 Å². The Bertz CT molecular complexity index is 576. The summed E-state index contributed by atoms with van der Waals surface area (Å²) in [4.78, 5) is 9.14. The van der Waals surface area contributed by atoms with E-state index in [0.717, 1.165) is 29.4 Å². The third-order valence-corrected chi connectivity index (χ3v) is 3.18.